The number of hydrogen-bond donors (Lipinski definition) is 0. The van der Waals surface area contributed by atoms with Crippen LogP contribution in [0.1, 0.15) is 34.6 Å². The predicted octanol–water partition coefficient (Wildman–Crippen LogP) is 2.33. The van der Waals surface area contributed by atoms with Crippen LogP contribution in [0.15, 0.2) is 0 Å². The van der Waals surface area contributed by atoms with Crippen molar-refractivity contribution in [2.24, 2.45) is 0 Å². The molecule has 1 aromatic heterocycles. The summed E-state index contributed by atoms with van der Waals surface area (Å²) in [5.41, 5.74) is 0.711. The minimum Gasteiger partial charge on any atom is -0.341 e. The third kappa shape index (κ3) is 3.72. The molecule has 0 aliphatic carbocycles. The zero-order chi connectivity index (χ0) is 12.0. The fraction of sp³-hybridized carbons (Fsp3) is 0.700. The maximum absolute atomic E-state index is 11.9. The molecule has 0 aliphatic rings. The van der Waals surface area contributed by atoms with Gasteiger partial charge in [0.2, 0.25) is 0 Å². The summed E-state index contributed by atoms with van der Waals surface area (Å²) in [7, 11) is 1.81. The number of aryl methyl sites for hydroxylation is 1. The van der Waals surface area contributed by atoms with Gasteiger partial charge in [-0.1, -0.05) is 10.9 Å². The Hall–Kier alpha value is -0.680. The first-order valence-electron chi connectivity index (χ1n) is 5.27. The van der Waals surface area contributed by atoms with Crippen LogP contribution in [0.25, 0.3) is 0 Å². The van der Waals surface area contributed by atoms with E-state index in [4.69, 9.17) is 11.6 Å². The Morgan fingerprint density at radius 1 is 1.44 bits per heavy atom. The monoisotopic (exact) mass is 261 g/mol. The van der Waals surface area contributed by atoms with Gasteiger partial charge in [0, 0.05) is 19.5 Å². The number of hydrogen-bond acceptors (Lipinski definition) is 4. The summed E-state index contributed by atoms with van der Waals surface area (Å²) in [6, 6.07) is 0. The van der Waals surface area contributed by atoms with Gasteiger partial charge in [-0.3, -0.25) is 4.79 Å². The van der Waals surface area contributed by atoms with Crippen molar-refractivity contribution in [2.45, 2.75) is 26.2 Å². The second-order valence-electron chi connectivity index (χ2n) is 3.66. The first kappa shape index (κ1) is 13.4. The van der Waals surface area contributed by atoms with Gasteiger partial charge in [0.05, 0.1) is 5.69 Å². The second-order valence-corrected chi connectivity index (χ2v) is 4.80. The third-order valence-electron chi connectivity index (χ3n) is 2.32. The molecule has 1 heterocycles. The molecule has 6 heteroatoms. The van der Waals surface area contributed by atoms with Crippen LogP contribution >= 0.6 is 23.1 Å². The van der Waals surface area contributed by atoms with Crippen LogP contribution in [0.4, 0.5) is 0 Å². The molecular weight excluding hydrogens is 246 g/mol. The van der Waals surface area contributed by atoms with Gasteiger partial charge in [-0.2, -0.15) is 0 Å². The van der Waals surface area contributed by atoms with Crippen LogP contribution in [0, 0.1) is 6.92 Å². The molecule has 0 aliphatic heterocycles. The van der Waals surface area contributed by atoms with Crippen molar-refractivity contribution in [2.75, 3.05) is 19.5 Å². The summed E-state index contributed by atoms with van der Waals surface area (Å²) in [5, 5.41) is 3.83. The third-order valence-corrected chi connectivity index (χ3v) is 3.40. The molecule has 0 atom stereocenters. The molecule has 0 N–H and O–H groups in total. The first-order chi connectivity index (χ1) is 7.66. The number of aromatic nitrogens is 2. The summed E-state index contributed by atoms with van der Waals surface area (Å²) < 4.78 is 3.76. The minimum absolute atomic E-state index is 0.0124. The van der Waals surface area contributed by atoms with E-state index in [1.165, 1.54) is 0 Å². The highest BCUT2D eigenvalue weighted by Gasteiger charge is 2.16. The lowest BCUT2D eigenvalue weighted by Crippen LogP contribution is -2.27. The van der Waals surface area contributed by atoms with E-state index < -0.39 is 0 Å². The van der Waals surface area contributed by atoms with Crippen LogP contribution in [0.3, 0.4) is 0 Å². The lowest BCUT2D eigenvalue weighted by Gasteiger charge is -2.15. The van der Waals surface area contributed by atoms with E-state index in [0.717, 1.165) is 37.3 Å². The number of alkyl halides is 1. The Labute approximate surface area is 105 Å². The Balaban J connectivity index is 2.40. The summed E-state index contributed by atoms with van der Waals surface area (Å²) in [6.07, 6.45) is 3.05. The topological polar surface area (TPSA) is 46.1 Å². The van der Waals surface area contributed by atoms with E-state index >= 15 is 0 Å². The molecule has 1 aromatic rings. The molecule has 0 unspecified atom stereocenters. The van der Waals surface area contributed by atoms with Crippen molar-refractivity contribution in [3.63, 3.8) is 0 Å². The molecule has 4 nitrogen and oxygen atoms in total. The number of carbonyl (C=O) groups is 1. The maximum atomic E-state index is 11.9. The summed E-state index contributed by atoms with van der Waals surface area (Å²) in [4.78, 5) is 14.3. The standard InChI is InChI=1S/C10H16ClN3OS/c1-8-9(16-13-12-8)10(15)14(2)7-5-3-4-6-11/h3-7H2,1-2H3. The number of halogens is 1. The Morgan fingerprint density at radius 2 is 2.19 bits per heavy atom. The quantitative estimate of drug-likeness (QED) is 0.583. The van der Waals surface area contributed by atoms with Gasteiger partial charge in [0.25, 0.3) is 5.91 Å². The van der Waals surface area contributed by atoms with Crippen molar-refractivity contribution in [1.29, 1.82) is 0 Å². The van der Waals surface area contributed by atoms with Crippen LogP contribution < -0.4 is 0 Å². The van der Waals surface area contributed by atoms with Crippen LogP contribution in [0.5, 0.6) is 0 Å². The molecule has 0 saturated heterocycles. The molecule has 1 rings (SSSR count). The average Bonchev–Trinajstić information content (AvgIpc) is 2.69. The van der Waals surface area contributed by atoms with Crippen molar-refractivity contribution in [3.8, 4) is 0 Å². The van der Waals surface area contributed by atoms with E-state index in [1.807, 2.05) is 7.05 Å². The summed E-state index contributed by atoms with van der Waals surface area (Å²) in [5.74, 6) is 0.702. The number of amides is 1. The summed E-state index contributed by atoms with van der Waals surface area (Å²) >= 11 is 6.74. The molecule has 0 bridgehead atoms. The van der Waals surface area contributed by atoms with Crippen LogP contribution in [-0.2, 0) is 0 Å². The largest absolute Gasteiger partial charge is 0.341 e. The van der Waals surface area contributed by atoms with Gasteiger partial charge in [-0.15, -0.1) is 16.7 Å². The molecule has 0 aromatic carbocycles. The van der Waals surface area contributed by atoms with Gasteiger partial charge in [0.1, 0.15) is 4.88 Å². The molecule has 0 spiro atoms. The molecule has 16 heavy (non-hydrogen) atoms. The van der Waals surface area contributed by atoms with E-state index in [9.17, 15) is 4.79 Å². The van der Waals surface area contributed by atoms with E-state index in [0.29, 0.717) is 16.5 Å². The van der Waals surface area contributed by atoms with Gasteiger partial charge < -0.3 is 4.90 Å². The van der Waals surface area contributed by atoms with E-state index in [1.54, 1.807) is 11.8 Å². The van der Waals surface area contributed by atoms with E-state index in [-0.39, 0.29) is 5.91 Å². The van der Waals surface area contributed by atoms with Crippen LogP contribution in [-0.4, -0.2) is 39.9 Å². The molecule has 90 valence electrons. The smallest absolute Gasteiger partial charge is 0.267 e. The highest BCUT2D eigenvalue weighted by Crippen LogP contribution is 2.12. The summed E-state index contributed by atoms with van der Waals surface area (Å²) in [6.45, 7) is 2.56. The van der Waals surface area contributed by atoms with E-state index in [2.05, 4.69) is 9.59 Å². The Morgan fingerprint density at radius 3 is 2.75 bits per heavy atom. The Bertz CT molecular complexity index is 343. The zero-order valence-electron chi connectivity index (χ0n) is 9.57. The molecular formula is C10H16ClN3OS. The van der Waals surface area contributed by atoms with Crippen molar-refractivity contribution >= 4 is 29.0 Å². The highest BCUT2D eigenvalue weighted by molar-refractivity contribution is 7.07. The second kappa shape index (κ2) is 6.81. The fourth-order valence-electron chi connectivity index (χ4n) is 1.32. The van der Waals surface area contributed by atoms with Crippen molar-refractivity contribution < 1.29 is 4.79 Å². The highest BCUT2D eigenvalue weighted by atomic mass is 35.5. The molecule has 0 fully saturated rings. The Kier molecular flexibility index (Phi) is 5.69. The van der Waals surface area contributed by atoms with Crippen molar-refractivity contribution in [1.82, 2.24) is 14.5 Å². The normalized spacial score (nSPS) is 10.4. The van der Waals surface area contributed by atoms with Gasteiger partial charge in [0.15, 0.2) is 0 Å². The van der Waals surface area contributed by atoms with Gasteiger partial charge >= 0.3 is 0 Å². The van der Waals surface area contributed by atoms with Crippen molar-refractivity contribution in [3.05, 3.63) is 10.6 Å². The lowest BCUT2D eigenvalue weighted by atomic mass is 10.2. The number of carbonyl (C=O) groups excluding carboxylic acids is 1. The first-order valence-corrected chi connectivity index (χ1v) is 6.58. The number of nitrogens with zero attached hydrogens (tertiary/aromatic N) is 3. The SMILES string of the molecule is Cc1nnsc1C(=O)N(C)CCCCCCl. The number of rotatable bonds is 6. The predicted molar refractivity (Wildman–Crippen MR) is 66.2 cm³/mol. The average molecular weight is 262 g/mol. The maximum Gasteiger partial charge on any atom is 0.267 e. The van der Waals surface area contributed by atoms with Crippen LogP contribution in [0.2, 0.25) is 0 Å². The minimum atomic E-state index is 0.0124. The lowest BCUT2D eigenvalue weighted by molar-refractivity contribution is 0.0796. The number of unbranched alkanes of at least 4 members (excludes halogenated alkanes) is 2. The van der Waals surface area contributed by atoms with Gasteiger partial charge in [-0.05, 0) is 31.3 Å². The zero-order valence-corrected chi connectivity index (χ0v) is 11.1. The molecule has 0 radical (unpaired) electrons. The molecule has 1 amide bonds. The fourth-order valence-corrected chi connectivity index (χ4v) is 2.16. The molecule has 0 saturated carbocycles. The van der Waals surface area contributed by atoms with Gasteiger partial charge in [-0.25, -0.2) is 0 Å².